The van der Waals surface area contributed by atoms with E-state index in [1.165, 1.54) is 6.92 Å². The van der Waals surface area contributed by atoms with Crippen LogP contribution in [0.4, 0.5) is 22.0 Å². The van der Waals surface area contributed by atoms with Gasteiger partial charge in [0.25, 0.3) is 0 Å². The molecule has 6 nitrogen and oxygen atoms in total. The molecule has 36 heavy (non-hydrogen) atoms. The third-order valence-electron chi connectivity index (χ3n) is 7.02. The van der Waals surface area contributed by atoms with Crippen LogP contribution in [0.5, 0.6) is 5.75 Å². The number of benzene rings is 2. The van der Waals surface area contributed by atoms with Gasteiger partial charge in [0.05, 0.1) is 34.0 Å². The molecule has 2 heterocycles. The Morgan fingerprint density at radius 2 is 1.61 bits per heavy atom. The third kappa shape index (κ3) is 4.28. The first-order valence-corrected chi connectivity index (χ1v) is 14.4. The molecule has 2 aliphatic rings. The van der Waals surface area contributed by atoms with Gasteiger partial charge in [-0.3, -0.25) is 0 Å². The Morgan fingerprint density at radius 1 is 1.00 bits per heavy atom. The standard InChI is InChI=1S/C23H23F5O6S2/c1-21(10-12-35(2,29)30)18-13-33-20-17(25)8-7-16(24)19(20)22(18,9-11-34-21)36(31,32)15-5-3-14(4-6-15)23(26,27)28/h3-8,18H,9-13H2,1-2H3/t18-,21-,22-/m0/s1. The Balaban J connectivity index is 1.97. The molecule has 1 fully saturated rings. The highest BCUT2D eigenvalue weighted by molar-refractivity contribution is 7.92. The van der Waals surface area contributed by atoms with Gasteiger partial charge in [0.15, 0.2) is 21.4 Å². The Bertz CT molecular complexity index is 1390. The van der Waals surface area contributed by atoms with E-state index >= 15 is 4.39 Å². The molecule has 0 N–H and O–H groups in total. The van der Waals surface area contributed by atoms with Gasteiger partial charge in [-0.05, 0) is 56.2 Å². The maximum Gasteiger partial charge on any atom is 0.416 e. The molecule has 198 valence electrons. The largest absolute Gasteiger partial charge is 0.490 e. The second kappa shape index (κ2) is 8.66. The van der Waals surface area contributed by atoms with Gasteiger partial charge >= 0.3 is 6.18 Å². The summed E-state index contributed by atoms with van der Waals surface area (Å²) in [5, 5.41) is 0. The quantitative estimate of drug-likeness (QED) is 0.513. The smallest absolute Gasteiger partial charge is 0.416 e. The molecule has 2 aromatic rings. The van der Waals surface area contributed by atoms with E-state index in [2.05, 4.69) is 0 Å². The normalized spacial score (nSPS) is 26.6. The number of rotatable bonds is 5. The second-order valence-electron chi connectivity index (χ2n) is 9.30. The van der Waals surface area contributed by atoms with Crippen molar-refractivity contribution >= 4 is 19.7 Å². The molecule has 2 aliphatic heterocycles. The van der Waals surface area contributed by atoms with E-state index in [-0.39, 0.29) is 25.2 Å². The zero-order valence-electron chi connectivity index (χ0n) is 19.2. The highest BCUT2D eigenvalue weighted by Crippen LogP contribution is 2.58. The van der Waals surface area contributed by atoms with E-state index in [1.54, 1.807) is 0 Å². The zero-order valence-corrected chi connectivity index (χ0v) is 20.9. The fraction of sp³-hybridized carbons (Fsp3) is 0.478. The summed E-state index contributed by atoms with van der Waals surface area (Å²) in [6.07, 6.45) is -4.25. The second-order valence-corrected chi connectivity index (χ2v) is 13.8. The lowest BCUT2D eigenvalue weighted by Crippen LogP contribution is -2.62. The van der Waals surface area contributed by atoms with Gasteiger partial charge in [-0.15, -0.1) is 0 Å². The van der Waals surface area contributed by atoms with Gasteiger partial charge in [-0.1, -0.05) is 0 Å². The SMILES string of the molecule is C[C@@]1(CCS(C)(=O)=O)OCC[C@@]2(S(=O)(=O)c3ccc(C(F)(F)F)cc3)c3c(F)ccc(F)c3OC[C@@H]12. The molecule has 13 heteroatoms. The molecule has 0 unspecified atom stereocenters. The Morgan fingerprint density at radius 3 is 2.19 bits per heavy atom. The predicted octanol–water partition coefficient (Wildman–Crippen LogP) is 4.28. The highest BCUT2D eigenvalue weighted by atomic mass is 32.2. The molecular formula is C23H23F5O6S2. The fourth-order valence-electron chi connectivity index (χ4n) is 5.17. The fourth-order valence-corrected chi connectivity index (χ4v) is 8.37. The molecular weight excluding hydrogens is 531 g/mol. The summed E-state index contributed by atoms with van der Waals surface area (Å²) in [6, 6.07) is 4.30. The van der Waals surface area contributed by atoms with Gasteiger partial charge in [0.2, 0.25) is 0 Å². The molecule has 0 saturated carbocycles. The summed E-state index contributed by atoms with van der Waals surface area (Å²) in [4.78, 5) is -0.524. The predicted molar refractivity (Wildman–Crippen MR) is 119 cm³/mol. The van der Waals surface area contributed by atoms with Crippen LogP contribution in [0.2, 0.25) is 0 Å². The van der Waals surface area contributed by atoms with Crippen LogP contribution in [-0.4, -0.2) is 47.7 Å². The van der Waals surface area contributed by atoms with E-state index in [1.807, 2.05) is 0 Å². The summed E-state index contributed by atoms with van der Waals surface area (Å²) in [7, 11) is -8.22. The summed E-state index contributed by atoms with van der Waals surface area (Å²) >= 11 is 0. The van der Waals surface area contributed by atoms with Gasteiger partial charge in [-0.25, -0.2) is 25.6 Å². The van der Waals surface area contributed by atoms with E-state index in [4.69, 9.17) is 9.47 Å². The average molecular weight is 555 g/mol. The monoisotopic (exact) mass is 554 g/mol. The molecule has 0 aliphatic carbocycles. The summed E-state index contributed by atoms with van der Waals surface area (Å²) in [6.45, 7) is 0.768. The number of sulfone groups is 2. The Kier molecular flexibility index (Phi) is 6.45. The van der Waals surface area contributed by atoms with Crippen molar-refractivity contribution in [1.82, 2.24) is 0 Å². The molecule has 0 spiro atoms. The zero-order chi connectivity index (χ0) is 26.7. The van der Waals surface area contributed by atoms with Gasteiger partial charge in [0.1, 0.15) is 20.4 Å². The van der Waals surface area contributed by atoms with Crippen LogP contribution in [-0.2, 0) is 35.3 Å². The van der Waals surface area contributed by atoms with Crippen LogP contribution in [0.15, 0.2) is 41.3 Å². The summed E-state index contributed by atoms with van der Waals surface area (Å²) in [5.74, 6) is -4.27. The number of fused-ring (bicyclic) bond motifs is 3. The van der Waals surface area contributed by atoms with Crippen molar-refractivity contribution < 1.29 is 48.3 Å². The molecule has 0 bridgehead atoms. The number of halogens is 5. The van der Waals surface area contributed by atoms with Crippen molar-refractivity contribution in [3.8, 4) is 5.75 Å². The third-order valence-corrected chi connectivity index (χ3v) is 10.5. The molecule has 0 amide bonds. The first kappa shape index (κ1) is 26.8. The maximum atomic E-state index is 15.4. The highest BCUT2D eigenvalue weighted by Gasteiger charge is 2.64. The van der Waals surface area contributed by atoms with Crippen LogP contribution in [0, 0.1) is 17.6 Å². The van der Waals surface area contributed by atoms with E-state index in [0.717, 1.165) is 30.5 Å². The summed E-state index contributed by atoms with van der Waals surface area (Å²) in [5.41, 5.74) is -3.12. The minimum atomic E-state index is -4.72. The van der Waals surface area contributed by atoms with Crippen molar-refractivity contribution in [3.63, 3.8) is 0 Å². The van der Waals surface area contributed by atoms with Crippen molar-refractivity contribution in [3.05, 3.63) is 59.2 Å². The van der Waals surface area contributed by atoms with Gasteiger partial charge in [0, 0.05) is 18.8 Å². The molecule has 0 radical (unpaired) electrons. The molecule has 3 atom stereocenters. The lowest BCUT2D eigenvalue weighted by molar-refractivity contribution is -0.143. The lowest BCUT2D eigenvalue weighted by Gasteiger charge is -2.54. The number of hydrogen-bond donors (Lipinski definition) is 0. The molecule has 1 saturated heterocycles. The molecule has 2 aromatic carbocycles. The number of alkyl halides is 3. The first-order chi connectivity index (χ1) is 16.5. The van der Waals surface area contributed by atoms with Gasteiger partial charge < -0.3 is 9.47 Å². The minimum absolute atomic E-state index is 0.170. The van der Waals surface area contributed by atoms with Crippen molar-refractivity contribution in [2.24, 2.45) is 5.92 Å². The van der Waals surface area contributed by atoms with Crippen LogP contribution in [0.3, 0.4) is 0 Å². The maximum absolute atomic E-state index is 15.4. The van der Waals surface area contributed by atoms with E-state index in [9.17, 15) is 34.4 Å². The Labute approximate surface area is 205 Å². The Hall–Kier alpha value is -2.25. The van der Waals surface area contributed by atoms with Crippen LogP contribution >= 0.6 is 0 Å². The number of ether oxygens (including phenoxy) is 2. The van der Waals surface area contributed by atoms with Crippen LogP contribution in [0.25, 0.3) is 0 Å². The minimum Gasteiger partial charge on any atom is -0.490 e. The summed E-state index contributed by atoms with van der Waals surface area (Å²) < 4.78 is 131. The van der Waals surface area contributed by atoms with Crippen LogP contribution in [0.1, 0.15) is 30.9 Å². The van der Waals surface area contributed by atoms with E-state index in [0.29, 0.717) is 12.1 Å². The van der Waals surface area contributed by atoms with E-state index < -0.39 is 82.1 Å². The van der Waals surface area contributed by atoms with Crippen molar-refractivity contribution in [2.75, 3.05) is 25.2 Å². The van der Waals surface area contributed by atoms with Crippen molar-refractivity contribution in [2.45, 2.75) is 41.2 Å². The van der Waals surface area contributed by atoms with Crippen molar-refractivity contribution in [1.29, 1.82) is 0 Å². The lowest BCUT2D eigenvalue weighted by atomic mass is 9.69. The topological polar surface area (TPSA) is 86.7 Å². The molecule has 4 rings (SSSR count). The van der Waals surface area contributed by atoms with Gasteiger partial charge in [-0.2, -0.15) is 13.2 Å². The average Bonchev–Trinajstić information content (AvgIpc) is 2.79. The first-order valence-electron chi connectivity index (χ1n) is 10.9. The number of hydrogen-bond acceptors (Lipinski definition) is 6. The molecule has 0 aromatic heterocycles. The van der Waals surface area contributed by atoms with Crippen LogP contribution < -0.4 is 4.74 Å².